The molecule has 1 unspecified atom stereocenters. The van der Waals surface area contributed by atoms with E-state index in [0.717, 1.165) is 17.2 Å². The maximum atomic E-state index is 9.59. The molecule has 0 aromatic carbocycles. The van der Waals surface area contributed by atoms with Crippen LogP contribution in [0.4, 0.5) is 5.82 Å². The molecule has 18 heavy (non-hydrogen) atoms. The molecule has 2 aromatic heterocycles. The summed E-state index contributed by atoms with van der Waals surface area (Å²) in [5.41, 5.74) is 1.72. The number of aliphatic hydroxyl groups is 1. The molecule has 0 saturated carbocycles. The van der Waals surface area contributed by atoms with Crippen molar-refractivity contribution in [3.8, 4) is 0 Å². The molecule has 1 atom stereocenters. The van der Waals surface area contributed by atoms with E-state index in [-0.39, 0.29) is 6.61 Å². The molecule has 0 bridgehead atoms. The van der Waals surface area contributed by atoms with Crippen LogP contribution in [0.15, 0.2) is 24.4 Å². The quantitative estimate of drug-likeness (QED) is 0.901. The van der Waals surface area contributed by atoms with E-state index < -0.39 is 0 Å². The fraction of sp³-hybridized carbons (Fsp3) is 0.500. The predicted molar refractivity (Wildman–Crippen MR) is 73.8 cm³/mol. The predicted octanol–water partition coefficient (Wildman–Crippen LogP) is 2.31. The number of fused-ring (bicyclic) bond motifs is 1. The molecule has 98 valence electrons. The van der Waals surface area contributed by atoms with Gasteiger partial charge in [0, 0.05) is 19.3 Å². The molecule has 0 aliphatic rings. The summed E-state index contributed by atoms with van der Waals surface area (Å²) in [6, 6.07) is 6.24. The van der Waals surface area contributed by atoms with E-state index in [2.05, 4.69) is 30.7 Å². The van der Waals surface area contributed by atoms with Crippen molar-refractivity contribution in [2.75, 3.05) is 11.9 Å². The minimum absolute atomic E-state index is 0.00430. The highest BCUT2D eigenvalue weighted by molar-refractivity contribution is 5.55. The Morgan fingerprint density at radius 3 is 2.67 bits per heavy atom. The first-order valence-electron chi connectivity index (χ1n) is 6.36. The van der Waals surface area contributed by atoms with Gasteiger partial charge in [-0.2, -0.15) is 0 Å². The van der Waals surface area contributed by atoms with Gasteiger partial charge in [-0.25, -0.2) is 4.98 Å². The van der Waals surface area contributed by atoms with Gasteiger partial charge in [-0.05, 0) is 25.0 Å². The number of imidazole rings is 1. The summed E-state index contributed by atoms with van der Waals surface area (Å²) in [5, 5.41) is 9.59. The average Bonchev–Trinajstić information content (AvgIpc) is 2.75. The smallest absolute Gasteiger partial charge is 0.153 e. The Morgan fingerprint density at radius 1 is 1.33 bits per heavy atom. The van der Waals surface area contributed by atoms with Crippen LogP contribution in [0.25, 0.3) is 5.65 Å². The van der Waals surface area contributed by atoms with E-state index in [1.54, 1.807) is 0 Å². The van der Waals surface area contributed by atoms with Crippen molar-refractivity contribution in [2.24, 2.45) is 5.92 Å². The van der Waals surface area contributed by atoms with Crippen molar-refractivity contribution in [1.29, 1.82) is 0 Å². The summed E-state index contributed by atoms with van der Waals surface area (Å²) in [4.78, 5) is 6.76. The minimum atomic E-state index is -0.00430. The van der Waals surface area contributed by atoms with Crippen LogP contribution in [-0.4, -0.2) is 27.6 Å². The number of rotatable bonds is 4. The fourth-order valence-corrected chi connectivity index (χ4v) is 2.10. The SMILES string of the molecule is CC(C)C(C)N(C)c1nc2ccccn2c1CO. The fourth-order valence-electron chi connectivity index (χ4n) is 2.10. The third-order valence-electron chi connectivity index (χ3n) is 3.67. The van der Waals surface area contributed by atoms with Gasteiger partial charge in [0.2, 0.25) is 0 Å². The minimum Gasteiger partial charge on any atom is -0.390 e. The summed E-state index contributed by atoms with van der Waals surface area (Å²) >= 11 is 0. The lowest BCUT2D eigenvalue weighted by Crippen LogP contribution is -2.34. The van der Waals surface area contributed by atoms with Gasteiger partial charge in [0.1, 0.15) is 5.65 Å². The molecule has 4 nitrogen and oxygen atoms in total. The number of hydrogen-bond donors (Lipinski definition) is 1. The zero-order valence-electron chi connectivity index (χ0n) is 11.5. The van der Waals surface area contributed by atoms with Crippen molar-refractivity contribution in [2.45, 2.75) is 33.4 Å². The van der Waals surface area contributed by atoms with Gasteiger partial charge >= 0.3 is 0 Å². The highest BCUT2D eigenvalue weighted by Gasteiger charge is 2.20. The van der Waals surface area contributed by atoms with E-state index >= 15 is 0 Å². The first-order valence-corrected chi connectivity index (χ1v) is 6.36. The normalized spacial score (nSPS) is 13.2. The highest BCUT2D eigenvalue weighted by Crippen LogP contribution is 2.24. The number of hydrogen-bond acceptors (Lipinski definition) is 3. The summed E-state index contributed by atoms with van der Waals surface area (Å²) < 4.78 is 1.94. The van der Waals surface area contributed by atoms with E-state index in [0.29, 0.717) is 12.0 Å². The van der Waals surface area contributed by atoms with Crippen LogP contribution in [0.3, 0.4) is 0 Å². The van der Waals surface area contributed by atoms with Gasteiger partial charge in [0.25, 0.3) is 0 Å². The first-order chi connectivity index (χ1) is 8.56. The summed E-state index contributed by atoms with van der Waals surface area (Å²) in [6.45, 7) is 6.55. The van der Waals surface area contributed by atoms with Crippen LogP contribution < -0.4 is 4.90 Å². The van der Waals surface area contributed by atoms with Crippen molar-refractivity contribution in [3.05, 3.63) is 30.1 Å². The van der Waals surface area contributed by atoms with Gasteiger partial charge in [0.15, 0.2) is 5.82 Å². The summed E-state index contributed by atoms with van der Waals surface area (Å²) in [7, 11) is 2.03. The second kappa shape index (κ2) is 4.98. The van der Waals surface area contributed by atoms with Gasteiger partial charge in [-0.15, -0.1) is 0 Å². The Balaban J connectivity index is 2.50. The largest absolute Gasteiger partial charge is 0.390 e. The Kier molecular flexibility index (Phi) is 3.57. The molecule has 1 N–H and O–H groups in total. The van der Waals surface area contributed by atoms with E-state index in [9.17, 15) is 5.11 Å². The lowest BCUT2D eigenvalue weighted by molar-refractivity contribution is 0.275. The summed E-state index contributed by atoms with van der Waals surface area (Å²) in [5.74, 6) is 1.40. The maximum Gasteiger partial charge on any atom is 0.153 e. The third-order valence-corrected chi connectivity index (χ3v) is 3.67. The monoisotopic (exact) mass is 247 g/mol. The van der Waals surface area contributed by atoms with Crippen molar-refractivity contribution in [1.82, 2.24) is 9.38 Å². The van der Waals surface area contributed by atoms with Crippen molar-refractivity contribution in [3.63, 3.8) is 0 Å². The van der Waals surface area contributed by atoms with Gasteiger partial charge in [-0.3, -0.25) is 4.40 Å². The molecule has 0 fully saturated rings. The number of pyridine rings is 1. The van der Waals surface area contributed by atoms with Crippen LogP contribution in [0, 0.1) is 5.92 Å². The zero-order chi connectivity index (χ0) is 13.3. The Labute approximate surface area is 108 Å². The Morgan fingerprint density at radius 2 is 2.06 bits per heavy atom. The molecular formula is C14H21N3O. The number of aliphatic hydroxyl groups excluding tert-OH is 1. The van der Waals surface area contributed by atoms with Gasteiger partial charge < -0.3 is 10.0 Å². The molecule has 2 rings (SSSR count). The number of aromatic nitrogens is 2. The van der Waals surface area contributed by atoms with E-state index in [1.165, 1.54) is 0 Å². The van der Waals surface area contributed by atoms with Crippen LogP contribution >= 0.6 is 0 Å². The molecule has 2 heterocycles. The van der Waals surface area contributed by atoms with Crippen LogP contribution in [0.1, 0.15) is 26.5 Å². The van der Waals surface area contributed by atoms with Gasteiger partial charge in [0.05, 0.1) is 12.3 Å². The van der Waals surface area contributed by atoms with Crippen LogP contribution in [0.5, 0.6) is 0 Å². The highest BCUT2D eigenvalue weighted by atomic mass is 16.3. The maximum absolute atomic E-state index is 9.59. The van der Waals surface area contributed by atoms with Crippen LogP contribution in [0.2, 0.25) is 0 Å². The van der Waals surface area contributed by atoms with Crippen molar-refractivity contribution < 1.29 is 5.11 Å². The summed E-state index contributed by atoms with van der Waals surface area (Å²) in [6.07, 6.45) is 1.94. The Bertz CT molecular complexity index is 533. The van der Waals surface area contributed by atoms with E-state index in [4.69, 9.17) is 0 Å². The molecule has 0 spiro atoms. The topological polar surface area (TPSA) is 40.8 Å². The Hall–Kier alpha value is -1.55. The molecule has 0 aliphatic carbocycles. The molecule has 0 saturated heterocycles. The number of nitrogens with zero attached hydrogens (tertiary/aromatic N) is 3. The van der Waals surface area contributed by atoms with Crippen molar-refractivity contribution >= 4 is 11.5 Å². The lowest BCUT2D eigenvalue weighted by atomic mass is 10.1. The second-order valence-corrected chi connectivity index (χ2v) is 5.06. The third kappa shape index (κ3) is 2.08. The van der Waals surface area contributed by atoms with Crippen LogP contribution in [-0.2, 0) is 6.61 Å². The zero-order valence-corrected chi connectivity index (χ0v) is 11.5. The molecule has 0 aliphatic heterocycles. The standard InChI is InChI=1S/C14H21N3O/c1-10(2)11(3)16(4)14-12(9-18)17-8-6-5-7-13(17)15-14/h5-8,10-11,18H,9H2,1-4H3. The molecule has 2 aromatic rings. The van der Waals surface area contributed by atoms with E-state index in [1.807, 2.05) is 35.8 Å². The molecule has 0 radical (unpaired) electrons. The molecular weight excluding hydrogens is 226 g/mol. The average molecular weight is 247 g/mol. The molecule has 0 amide bonds. The first kappa shape index (κ1) is 12.9. The second-order valence-electron chi connectivity index (χ2n) is 5.06. The van der Waals surface area contributed by atoms with Gasteiger partial charge in [-0.1, -0.05) is 19.9 Å². The molecule has 4 heteroatoms. The lowest BCUT2D eigenvalue weighted by Gasteiger charge is -2.28. The number of anilines is 1.